The van der Waals surface area contributed by atoms with Gasteiger partial charge in [0.05, 0.1) is 11.6 Å². The molecule has 2 aromatic carbocycles. The lowest BCUT2D eigenvalue weighted by atomic mass is 9.96. The summed E-state index contributed by atoms with van der Waals surface area (Å²) in [5, 5.41) is 6.84. The second-order valence-electron chi connectivity index (χ2n) is 7.56. The Balaban J connectivity index is 1.18. The first kappa shape index (κ1) is 17.8. The van der Waals surface area contributed by atoms with E-state index in [1.165, 1.54) is 0 Å². The maximum absolute atomic E-state index is 6.12. The van der Waals surface area contributed by atoms with Gasteiger partial charge in [-0.05, 0) is 42.0 Å². The van der Waals surface area contributed by atoms with E-state index in [1.54, 1.807) is 6.33 Å². The third-order valence-corrected chi connectivity index (χ3v) is 5.54. The molecule has 31 heavy (non-hydrogen) atoms. The largest absolute Gasteiger partial charge is 0.479 e. The van der Waals surface area contributed by atoms with E-state index in [4.69, 9.17) is 14.2 Å². The maximum Gasteiger partial charge on any atom is 0.231 e. The summed E-state index contributed by atoms with van der Waals surface area (Å²) < 4.78 is 17.0. The molecule has 6 rings (SSSR count). The number of hydrogen-bond acceptors (Lipinski definition) is 7. The molecular formula is C24H20N4O3. The molecule has 0 spiro atoms. The summed E-state index contributed by atoms with van der Waals surface area (Å²) in [6.45, 7) is 0.957. The molecule has 0 fully saturated rings. The molecule has 3 heterocycles. The molecule has 2 N–H and O–H groups in total. The molecule has 0 bridgehead atoms. The highest BCUT2D eigenvalue weighted by atomic mass is 16.7. The molecule has 2 aliphatic heterocycles. The molecule has 3 aromatic rings. The number of aromatic nitrogens is 2. The molecule has 3 aliphatic rings. The summed E-state index contributed by atoms with van der Waals surface area (Å²) in [4.78, 5) is 8.88. The molecule has 7 nitrogen and oxygen atoms in total. The first-order valence-electron chi connectivity index (χ1n) is 10.2. The third-order valence-electron chi connectivity index (χ3n) is 5.54. The lowest BCUT2D eigenvalue weighted by Gasteiger charge is -2.13. The van der Waals surface area contributed by atoms with E-state index < -0.39 is 0 Å². The SMILES string of the molecule is C1=CC2Oc3c(Nc4cccc(NCc5ccc6c(c5)OCO6)c4)ncnc3C2C=C1. The Morgan fingerprint density at radius 1 is 0.935 bits per heavy atom. The minimum absolute atomic E-state index is 0.0213. The van der Waals surface area contributed by atoms with Crippen LogP contribution in [0.2, 0.25) is 0 Å². The predicted octanol–water partition coefficient (Wildman–Crippen LogP) is 4.53. The molecule has 0 saturated carbocycles. The normalized spacial score (nSPS) is 19.5. The Kier molecular flexibility index (Phi) is 4.23. The van der Waals surface area contributed by atoms with Crippen LogP contribution in [0, 0.1) is 0 Å². The monoisotopic (exact) mass is 412 g/mol. The molecule has 0 amide bonds. The highest BCUT2D eigenvalue weighted by molar-refractivity contribution is 5.68. The van der Waals surface area contributed by atoms with E-state index in [2.05, 4.69) is 32.8 Å². The highest BCUT2D eigenvalue weighted by Crippen LogP contribution is 2.43. The van der Waals surface area contributed by atoms with Crippen molar-refractivity contribution in [1.29, 1.82) is 0 Å². The van der Waals surface area contributed by atoms with Crippen LogP contribution in [0.15, 0.2) is 73.1 Å². The first-order valence-corrected chi connectivity index (χ1v) is 10.2. The van der Waals surface area contributed by atoms with Crippen LogP contribution >= 0.6 is 0 Å². The van der Waals surface area contributed by atoms with E-state index in [9.17, 15) is 0 Å². The number of rotatable bonds is 5. The van der Waals surface area contributed by atoms with Crippen LogP contribution in [0.1, 0.15) is 17.2 Å². The van der Waals surface area contributed by atoms with Crippen molar-refractivity contribution in [2.75, 3.05) is 17.4 Å². The van der Waals surface area contributed by atoms with Crippen LogP contribution in [0.3, 0.4) is 0 Å². The Labute approximate surface area is 179 Å². The van der Waals surface area contributed by atoms with Crippen molar-refractivity contribution in [3.8, 4) is 17.2 Å². The fourth-order valence-electron chi connectivity index (χ4n) is 4.01. The quantitative estimate of drug-likeness (QED) is 0.637. The summed E-state index contributed by atoms with van der Waals surface area (Å²) >= 11 is 0. The van der Waals surface area contributed by atoms with Gasteiger partial charge in [-0.25, -0.2) is 9.97 Å². The Hall–Kier alpha value is -4.00. The molecule has 2 unspecified atom stereocenters. The Morgan fingerprint density at radius 3 is 2.84 bits per heavy atom. The number of ether oxygens (including phenoxy) is 3. The molecule has 7 heteroatoms. The second-order valence-corrected chi connectivity index (χ2v) is 7.56. The van der Waals surface area contributed by atoms with Gasteiger partial charge in [0, 0.05) is 17.9 Å². The Bertz CT molecular complexity index is 1210. The van der Waals surface area contributed by atoms with E-state index in [0.717, 1.165) is 34.1 Å². The van der Waals surface area contributed by atoms with Gasteiger partial charge in [0.25, 0.3) is 0 Å². The smallest absolute Gasteiger partial charge is 0.231 e. The number of anilines is 3. The van der Waals surface area contributed by atoms with E-state index in [0.29, 0.717) is 18.1 Å². The van der Waals surface area contributed by atoms with Crippen LogP contribution < -0.4 is 24.8 Å². The number of nitrogens with one attached hydrogen (secondary N) is 2. The first-order chi connectivity index (χ1) is 15.3. The zero-order valence-corrected chi connectivity index (χ0v) is 16.6. The van der Waals surface area contributed by atoms with Crippen LogP contribution in [0.4, 0.5) is 17.2 Å². The molecule has 2 atom stereocenters. The molecular weight excluding hydrogens is 392 g/mol. The molecule has 0 saturated heterocycles. The number of hydrogen-bond donors (Lipinski definition) is 2. The number of fused-ring (bicyclic) bond motifs is 4. The van der Waals surface area contributed by atoms with Crippen molar-refractivity contribution in [1.82, 2.24) is 9.97 Å². The van der Waals surface area contributed by atoms with Crippen LogP contribution in [0.25, 0.3) is 0 Å². The van der Waals surface area contributed by atoms with Gasteiger partial charge < -0.3 is 24.8 Å². The lowest BCUT2D eigenvalue weighted by Crippen LogP contribution is -2.15. The van der Waals surface area contributed by atoms with Crippen molar-refractivity contribution >= 4 is 17.2 Å². The van der Waals surface area contributed by atoms with Crippen LogP contribution in [-0.2, 0) is 6.54 Å². The van der Waals surface area contributed by atoms with Crippen molar-refractivity contribution in [3.63, 3.8) is 0 Å². The maximum atomic E-state index is 6.12. The van der Waals surface area contributed by atoms with Crippen molar-refractivity contribution in [2.45, 2.75) is 18.6 Å². The topological polar surface area (TPSA) is 77.5 Å². The fraction of sp³-hybridized carbons (Fsp3) is 0.167. The number of allylic oxidation sites excluding steroid dienone is 2. The fourth-order valence-corrected chi connectivity index (χ4v) is 4.01. The van der Waals surface area contributed by atoms with Crippen molar-refractivity contribution < 1.29 is 14.2 Å². The minimum atomic E-state index is -0.0213. The van der Waals surface area contributed by atoms with Gasteiger partial charge in [0.2, 0.25) is 6.79 Å². The summed E-state index contributed by atoms with van der Waals surface area (Å²) in [6, 6.07) is 14.1. The average Bonchev–Trinajstić information content (AvgIpc) is 3.43. The predicted molar refractivity (Wildman–Crippen MR) is 117 cm³/mol. The van der Waals surface area contributed by atoms with Gasteiger partial charge in [-0.1, -0.05) is 30.4 Å². The van der Waals surface area contributed by atoms with E-state index >= 15 is 0 Å². The van der Waals surface area contributed by atoms with Gasteiger partial charge in [-0.15, -0.1) is 0 Å². The van der Waals surface area contributed by atoms with Crippen LogP contribution in [0.5, 0.6) is 17.2 Å². The van der Waals surface area contributed by atoms with Gasteiger partial charge in [0.15, 0.2) is 23.1 Å². The molecule has 154 valence electrons. The van der Waals surface area contributed by atoms with Gasteiger partial charge in [-0.3, -0.25) is 0 Å². The molecule has 1 aliphatic carbocycles. The Morgan fingerprint density at radius 2 is 1.84 bits per heavy atom. The lowest BCUT2D eigenvalue weighted by molar-refractivity contribution is 0.174. The highest BCUT2D eigenvalue weighted by Gasteiger charge is 2.35. The van der Waals surface area contributed by atoms with Crippen molar-refractivity contribution in [2.24, 2.45) is 0 Å². The molecule has 1 aromatic heterocycles. The summed E-state index contributed by atoms with van der Waals surface area (Å²) in [5.74, 6) is 3.11. The van der Waals surface area contributed by atoms with Gasteiger partial charge in [-0.2, -0.15) is 0 Å². The van der Waals surface area contributed by atoms with Gasteiger partial charge in [0.1, 0.15) is 12.4 Å². The summed E-state index contributed by atoms with van der Waals surface area (Å²) in [6.07, 6.45) is 9.77. The third kappa shape index (κ3) is 3.34. The standard InChI is InChI=1S/C24H20N4O3/c1-2-7-19-18(6-1)22-23(31-19)24(27-13-26-22)28-17-5-3-4-16(11-17)25-12-15-8-9-20-21(10-15)30-14-29-20/h1-11,13,18-19,25H,12,14H2,(H,26,27,28). The van der Waals surface area contributed by atoms with E-state index in [1.807, 2.05) is 54.6 Å². The summed E-state index contributed by atoms with van der Waals surface area (Å²) in [7, 11) is 0. The average molecular weight is 412 g/mol. The number of benzene rings is 2. The second kappa shape index (κ2) is 7.36. The van der Waals surface area contributed by atoms with Crippen LogP contribution in [-0.4, -0.2) is 22.9 Å². The number of nitrogens with zero attached hydrogens (tertiary/aromatic N) is 2. The van der Waals surface area contributed by atoms with Gasteiger partial charge >= 0.3 is 0 Å². The molecule has 0 radical (unpaired) electrons. The van der Waals surface area contributed by atoms with Crippen molar-refractivity contribution in [3.05, 3.63) is 84.4 Å². The zero-order chi connectivity index (χ0) is 20.6. The minimum Gasteiger partial charge on any atom is -0.479 e. The van der Waals surface area contributed by atoms with E-state index in [-0.39, 0.29) is 18.8 Å². The summed E-state index contributed by atoms with van der Waals surface area (Å²) in [5.41, 5.74) is 3.95. The zero-order valence-electron chi connectivity index (χ0n) is 16.6.